The Morgan fingerprint density at radius 3 is 1.00 bits per heavy atom. The lowest BCUT2D eigenvalue weighted by Crippen LogP contribution is -2.34. The average Bonchev–Trinajstić information content (AvgIpc) is 1.92. The molecule has 0 spiro atoms. The molecule has 7 nitrogen and oxygen atoms in total. The molecule has 0 heterocycles. The molecule has 0 saturated carbocycles. The van der Waals surface area contributed by atoms with Crippen molar-refractivity contribution in [2.24, 2.45) is 0 Å². The maximum Gasteiger partial charge on any atom is 0.524 e. The molecule has 0 rings (SSSR count). The Morgan fingerprint density at radius 1 is 0.750 bits per heavy atom. The van der Waals surface area contributed by atoms with Gasteiger partial charge in [0, 0.05) is 10.7 Å². The van der Waals surface area contributed by atoms with E-state index in [1.165, 1.54) is 0 Å². The highest BCUT2D eigenvalue weighted by molar-refractivity contribution is 8.13. The molecule has 0 unspecified atom stereocenters. The molecule has 0 bridgehead atoms. The maximum atomic E-state index is 11.4. The highest BCUT2D eigenvalue weighted by Crippen LogP contribution is 2.31. The summed E-state index contributed by atoms with van der Waals surface area (Å²) < 4.78 is 129. The molecule has 0 N–H and O–H groups in total. The van der Waals surface area contributed by atoms with Crippen LogP contribution in [-0.2, 0) is 32.9 Å². The van der Waals surface area contributed by atoms with Crippen LogP contribution in [0.4, 0.5) is 26.3 Å². The van der Waals surface area contributed by atoms with Crippen molar-refractivity contribution in [1.29, 1.82) is 0 Å². The first-order valence-electron chi connectivity index (χ1n) is 3.44. The molecule has 0 aromatic carbocycles. The minimum Gasteiger partial charge on any atom is -0.213 e. The van der Waals surface area contributed by atoms with E-state index in [1.54, 1.807) is 0 Å². The predicted octanol–water partition coefficient (Wildman–Crippen LogP) is 0.887. The monoisotopic (exact) mass is 396 g/mol. The van der Waals surface area contributed by atoms with Crippen LogP contribution in [0.2, 0.25) is 0 Å². The average molecular weight is 397 g/mol. The molecule has 0 aliphatic heterocycles. The van der Waals surface area contributed by atoms with Gasteiger partial charge < -0.3 is 0 Å². The summed E-state index contributed by atoms with van der Waals surface area (Å²) in [7, 11) is -12.4. The van der Waals surface area contributed by atoms with E-state index in [2.05, 4.69) is 10.7 Å². The molecule has 0 aliphatic rings. The quantitative estimate of drug-likeness (QED) is 0.387. The Morgan fingerprint density at radius 2 is 0.900 bits per heavy atom. The first-order chi connectivity index (χ1) is 8.21. The van der Waals surface area contributed by atoms with Crippen molar-refractivity contribution in [3.63, 3.8) is 0 Å². The minimum atomic E-state index is -6.85. The van der Waals surface area contributed by atoms with E-state index in [0.717, 1.165) is 6.26 Å². The van der Waals surface area contributed by atoms with Gasteiger partial charge in [-0.1, -0.05) is 0 Å². The van der Waals surface area contributed by atoms with E-state index >= 15 is 0 Å². The van der Waals surface area contributed by atoms with Crippen LogP contribution in [-0.4, -0.2) is 42.5 Å². The minimum absolute atomic E-state index is 0.925. The Balaban J connectivity index is 0. The van der Waals surface area contributed by atoms with Crippen molar-refractivity contribution in [3.05, 3.63) is 0 Å². The van der Waals surface area contributed by atoms with Crippen LogP contribution in [0.3, 0.4) is 0 Å². The summed E-state index contributed by atoms with van der Waals surface area (Å²) in [5.41, 5.74) is -12.5. The van der Waals surface area contributed by atoms with E-state index in [9.17, 15) is 51.6 Å². The van der Waals surface area contributed by atoms with Crippen molar-refractivity contribution in [2.45, 2.75) is 11.0 Å². The molecule has 0 aromatic rings. The van der Waals surface area contributed by atoms with Crippen molar-refractivity contribution < 1.29 is 55.2 Å². The summed E-state index contributed by atoms with van der Waals surface area (Å²) in [5.74, 6) is 0. The van der Waals surface area contributed by atoms with Gasteiger partial charge in [-0.2, -0.15) is 43.2 Å². The number of alkyl halides is 6. The van der Waals surface area contributed by atoms with E-state index in [1.807, 2.05) is 3.63 Å². The van der Waals surface area contributed by atoms with Crippen LogP contribution in [0.1, 0.15) is 0 Å². The fraction of sp³-hybridized carbons (Fsp3) is 1.00. The summed E-state index contributed by atoms with van der Waals surface area (Å²) in [6.45, 7) is 0. The number of rotatable bonds is 2. The van der Waals surface area contributed by atoms with E-state index < -0.39 is 40.3 Å². The van der Waals surface area contributed by atoms with E-state index in [-0.39, 0.29) is 0 Å². The van der Waals surface area contributed by atoms with Gasteiger partial charge in [-0.3, -0.25) is 0 Å². The molecular weight excluding hydrogens is 394 g/mol. The molecular formula is C3H3ClF6O7S3. The molecule has 0 aromatic heterocycles. The zero-order chi connectivity index (χ0) is 17.2. The smallest absolute Gasteiger partial charge is 0.213 e. The van der Waals surface area contributed by atoms with Crippen LogP contribution < -0.4 is 0 Å². The van der Waals surface area contributed by atoms with Gasteiger partial charge in [0.05, 0.1) is 6.26 Å². The highest BCUT2D eigenvalue weighted by atomic mass is 35.7. The van der Waals surface area contributed by atoms with Gasteiger partial charge in [-0.15, -0.1) is 3.63 Å². The molecule has 0 atom stereocenters. The normalized spacial score (nSPS) is 14.4. The summed E-state index contributed by atoms with van der Waals surface area (Å²) in [4.78, 5) is 0. The first-order valence-corrected chi connectivity index (χ1v) is 8.97. The second-order valence-corrected chi connectivity index (χ2v) is 8.88. The van der Waals surface area contributed by atoms with Crippen LogP contribution in [0.5, 0.6) is 0 Å². The fourth-order valence-electron chi connectivity index (χ4n) is 0.195. The molecule has 0 saturated heterocycles. The Kier molecular flexibility index (Phi) is 6.81. The topological polar surface area (TPSA) is 112 Å². The van der Waals surface area contributed by atoms with Crippen LogP contribution in [0.25, 0.3) is 0 Å². The zero-order valence-electron chi connectivity index (χ0n) is 8.73. The van der Waals surface area contributed by atoms with Crippen molar-refractivity contribution in [3.8, 4) is 0 Å². The standard InChI is InChI=1S/C2F6O5S2.CH3ClO2S/c3-1(4,5)14(9,10)13-15(11,12)2(6,7)8;1-5(2,3)4/h;1H3. The van der Waals surface area contributed by atoms with Gasteiger partial charge in [-0.25, -0.2) is 8.42 Å². The lowest BCUT2D eigenvalue weighted by Gasteiger charge is -2.09. The summed E-state index contributed by atoms with van der Waals surface area (Å²) in [5, 5.41) is 0. The largest absolute Gasteiger partial charge is 0.524 e. The SMILES string of the molecule is CS(=O)(=O)Cl.O=S(=O)(OS(=O)(=O)C(F)(F)F)C(F)(F)F. The highest BCUT2D eigenvalue weighted by Gasteiger charge is 2.57. The molecule has 20 heavy (non-hydrogen) atoms. The van der Waals surface area contributed by atoms with Crippen molar-refractivity contribution in [1.82, 2.24) is 0 Å². The lowest BCUT2D eigenvalue weighted by molar-refractivity contribution is -0.0585. The molecule has 0 radical (unpaired) electrons. The second-order valence-electron chi connectivity index (χ2n) is 2.55. The third-order valence-corrected chi connectivity index (χ3v) is 3.31. The third kappa shape index (κ3) is 8.77. The fourth-order valence-corrected chi connectivity index (χ4v) is 1.76. The molecule has 124 valence electrons. The zero-order valence-corrected chi connectivity index (χ0v) is 11.9. The third-order valence-electron chi connectivity index (χ3n) is 0.746. The molecule has 0 aliphatic carbocycles. The van der Waals surface area contributed by atoms with Gasteiger partial charge in [0.25, 0.3) is 0 Å². The summed E-state index contributed by atoms with van der Waals surface area (Å²) >= 11 is 0. The number of hydrogen-bond donors (Lipinski definition) is 0. The number of hydrogen-bond acceptors (Lipinski definition) is 7. The summed E-state index contributed by atoms with van der Waals surface area (Å²) in [6, 6.07) is 0. The Bertz CT molecular complexity index is 574. The van der Waals surface area contributed by atoms with Gasteiger partial charge in [0.2, 0.25) is 9.05 Å². The van der Waals surface area contributed by atoms with E-state index in [4.69, 9.17) is 0 Å². The number of halogens is 7. The van der Waals surface area contributed by atoms with Crippen LogP contribution in [0, 0.1) is 0 Å². The van der Waals surface area contributed by atoms with Gasteiger partial charge >= 0.3 is 31.3 Å². The molecule has 0 fully saturated rings. The lowest BCUT2D eigenvalue weighted by atomic mass is 11.6. The van der Waals surface area contributed by atoms with E-state index in [0.29, 0.717) is 0 Å². The maximum absolute atomic E-state index is 11.4. The van der Waals surface area contributed by atoms with Gasteiger partial charge in [0.15, 0.2) is 0 Å². The van der Waals surface area contributed by atoms with Crippen molar-refractivity contribution in [2.75, 3.05) is 6.26 Å². The van der Waals surface area contributed by atoms with Gasteiger partial charge in [0.1, 0.15) is 0 Å². The van der Waals surface area contributed by atoms with Gasteiger partial charge in [-0.05, 0) is 0 Å². The van der Waals surface area contributed by atoms with Crippen LogP contribution in [0.15, 0.2) is 0 Å². The Labute approximate surface area is 113 Å². The Hall–Kier alpha value is -0.320. The second kappa shape index (κ2) is 6.20. The van der Waals surface area contributed by atoms with Crippen LogP contribution >= 0.6 is 10.7 Å². The molecule has 17 heteroatoms. The predicted molar refractivity (Wildman–Crippen MR) is 51.7 cm³/mol. The van der Waals surface area contributed by atoms with Crippen molar-refractivity contribution >= 4 is 40.0 Å². The first kappa shape index (κ1) is 22.0. The molecule has 0 amide bonds. The summed E-state index contributed by atoms with van der Waals surface area (Å²) in [6.07, 6.45) is 0.925.